The number of hydrogen-bond donors (Lipinski definition) is 2. The molecule has 0 radical (unpaired) electrons. The van der Waals surface area contributed by atoms with Gasteiger partial charge >= 0.3 is 0 Å². The van der Waals surface area contributed by atoms with Crippen molar-refractivity contribution >= 4 is 9.73 Å². The molecule has 1 aromatic heterocycles. The highest BCUT2D eigenvalue weighted by Gasteiger charge is 2.18. The molecule has 0 amide bonds. The largest absolute Gasteiger partial charge is 0.309 e. The molecule has 0 spiro atoms. The standard InChI is InChI=1S/C7H12N4OS/c1-13(8,12)7-5-10-11-3-2-9-4-6(7)11/h5,8-9H,2-4H2,1H3. The molecule has 1 aliphatic rings. The van der Waals surface area contributed by atoms with Gasteiger partial charge in [-0.05, 0) is 0 Å². The average molecular weight is 200 g/mol. The Morgan fingerprint density at radius 2 is 2.54 bits per heavy atom. The summed E-state index contributed by atoms with van der Waals surface area (Å²) in [7, 11) is -2.62. The molecule has 2 rings (SSSR count). The summed E-state index contributed by atoms with van der Waals surface area (Å²) in [6.07, 6.45) is 2.98. The summed E-state index contributed by atoms with van der Waals surface area (Å²) in [5, 5.41) is 7.27. The molecule has 0 fully saturated rings. The first-order valence-corrected chi connectivity index (χ1v) is 6.05. The normalized spacial score (nSPS) is 20.7. The number of nitrogens with one attached hydrogen (secondary N) is 2. The van der Waals surface area contributed by atoms with Crippen LogP contribution in [0.15, 0.2) is 11.1 Å². The second kappa shape index (κ2) is 2.81. The van der Waals surface area contributed by atoms with Gasteiger partial charge in [-0.15, -0.1) is 0 Å². The summed E-state index contributed by atoms with van der Waals surface area (Å²) in [4.78, 5) is 0.569. The fourth-order valence-corrected chi connectivity index (χ4v) is 2.36. The fraction of sp³-hybridized carbons (Fsp3) is 0.571. The van der Waals surface area contributed by atoms with E-state index in [0.29, 0.717) is 11.4 Å². The van der Waals surface area contributed by atoms with Gasteiger partial charge < -0.3 is 5.32 Å². The summed E-state index contributed by atoms with van der Waals surface area (Å²) >= 11 is 0. The van der Waals surface area contributed by atoms with Gasteiger partial charge in [-0.2, -0.15) is 5.10 Å². The van der Waals surface area contributed by atoms with E-state index in [1.165, 1.54) is 6.26 Å². The summed E-state index contributed by atoms with van der Waals surface area (Å²) in [6.45, 7) is 2.35. The number of hydrogen-bond acceptors (Lipinski definition) is 4. The highest BCUT2D eigenvalue weighted by Crippen LogP contribution is 2.17. The monoisotopic (exact) mass is 200 g/mol. The third-order valence-corrected chi connectivity index (χ3v) is 3.30. The average Bonchev–Trinajstić information content (AvgIpc) is 2.45. The van der Waals surface area contributed by atoms with Crippen LogP contribution >= 0.6 is 0 Å². The van der Waals surface area contributed by atoms with Gasteiger partial charge in [0.15, 0.2) is 0 Å². The van der Waals surface area contributed by atoms with Crippen LogP contribution in [0.2, 0.25) is 0 Å². The van der Waals surface area contributed by atoms with Crippen LogP contribution in [0.4, 0.5) is 0 Å². The Balaban J connectivity index is 2.55. The van der Waals surface area contributed by atoms with Gasteiger partial charge in [0.05, 0.1) is 33.1 Å². The molecule has 72 valence electrons. The maximum Gasteiger partial charge on any atom is 0.0894 e. The van der Waals surface area contributed by atoms with E-state index in [0.717, 1.165) is 18.8 Å². The first kappa shape index (κ1) is 8.71. The molecule has 2 N–H and O–H groups in total. The molecule has 6 heteroatoms. The van der Waals surface area contributed by atoms with Crippen LogP contribution in [-0.4, -0.2) is 26.8 Å². The zero-order valence-corrected chi connectivity index (χ0v) is 8.23. The van der Waals surface area contributed by atoms with E-state index in [1.807, 2.05) is 4.68 Å². The van der Waals surface area contributed by atoms with Crippen molar-refractivity contribution in [3.63, 3.8) is 0 Å². The van der Waals surface area contributed by atoms with Gasteiger partial charge in [0, 0.05) is 19.3 Å². The highest BCUT2D eigenvalue weighted by molar-refractivity contribution is 7.91. The summed E-state index contributed by atoms with van der Waals surface area (Å²) in [6, 6.07) is 0. The Hall–Kier alpha value is -0.880. The van der Waals surface area contributed by atoms with Crippen LogP contribution in [0, 0.1) is 4.78 Å². The third kappa shape index (κ3) is 1.47. The molecule has 0 saturated carbocycles. The zero-order chi connectivity index (χ0) is 9.47. The zero-order valence-electron chi connectivity index (χ0n) is 7.41. The lowest BCUT2D eigenvalue weighted by Crippen LogP contribution is -2.29. The van der Waals surface area contributed by atoms with Gasteiger partial charge in [-0.3, -0.25) is 4.68 Å². The third-order valence-electron chi connectivity index (χ3n) is 2.12. The van der Waals surface area contributed by atoms with Crippen LogP contribution in [0.3, 0.4) is 0 Å². The molecule has 5 nitrogen and oxygen atoms in total. The van der Waals surface area contributed by atoms with Crippen molar-refractivity contribution in [2.45, 2.75) is 18.0 Å². The molecule has 0 aliphatic carbocycles. The smallest absolute Gasteiger partial charge is 0.0894 e. The Labute approximate surface area is 77.1 Å². The van der Waals surface area contributed by atoms with Crippen molar-refractivity contribution in [3.8, 4) is 0 Å². The van der Waals surface area contributed by atoms with Crippen LogP contribution in [0.1, 0.15) is 5.69 Å². The molecule has 2 heterocycles. The molecule has 1 unspecified atom stereocenters. The van der Waals surface area contributed by atoms with E-state index in [4.69, 9.17) is 4.78 Å². The van der Waals surface area contributed by atoms with Crippen molar-refractivity contribution in [3.05, 3.63) is 11.9 Å². The lowest BCUT2D eigenvalue weighted by atomic mass is 10.3. The summed E-state index contributed by atoms with van der Waals surface area (Å²) in [5.74, 6) is 0. The fourth-order valence-electron chi connectivity index (χ4n) is 1.48. The molecular weight excluding hydrogens is 188 g/mol. The van der Waals surface area contributed by atoms with Crippen LogP contribution in [-0.2, 0) is 22.8 Å². The first-order chi connectivity index (χ1) is 6.09. The van der Waals surface area contributed by atoms with E-state index in [9.17, 15) is 4.21 Å². The summed E-state index contributed by atoms with van der Waals surface area (Å²) in [5.41, 5.74) is 0.897. The molecule has 1 atom stereocenters. The molecule has 0 saturated heterocycles. The minimum Gasteiger partial charge on any atom is -0.309 e. The van der Waals surface area contributed by atoms with Crippen molar-refractivity contribution in [2.24, 2.45) is 0 Å². The second-order valence-electron chi connectivity index (χ2n) is 3.20. The van der Waals surface area contributed by atoms with Gasteiger partial charge in [-0.1, -0.05) is 0 Å². The number of nitrogens with zero attached hydrogens (tertiary/aromatic N) is 2. The summed E-state index contributed by atoms with van der Waals surface area (Å²) < 4.78 is 20.8. The Bertz CT molecular complexity index is 420. The van der Waals surface area contributed by atoms with Crippen molar-refractivity contribution in [1.82, 2.24) is 15.1 Å². The maximum absolute atomic E-state index is 11.5. The highest BCUT2D eigenvalue weighted by atomic mass is 32.2. The number of rotatable bonds is 1. The quantitative estimate of drug-likeness (QED) is 0.671. The van der Waals surface area contributed by atoms with Gasteiger partial charge in [0.25, 0.3) is 0 Å². The van der Waals surface area contributed by atoms with Gasteiger partial charge in [0.1, 0.15) is 0 Å². The van der Waals surface area contributed by atoms with Crippen LogP contribution in [0.25, 0.3) is 0 Å². The Kier molecular flexibility index (Phi) is 1.88. The maximum atomic E-state index is 11.5. The van der Waals surface area contributed by atoms with Gasteiger partial charge in [-0.25, -0.2) is 8.99 Å². The van der Waals surface area contributed by atoms with Crippen LogP contribution in [0.5, 0.6) is 0 Å². The van der Waals surface area contributed by atoms with E-state index in [-0.39, 0.29) is 0 Å². The lowest BCUT2D eigenvalue weighted by Gasteiger charge is -2.15. The Morgan fingerprint density at radius 3 is 3.23 bits per heavy atom. The second-order valence-corrected chi connectivity index (χ2v) is 5.33. The first-order valence-electron chi connectivity index (χ1n) is 4.08. The minimum atomic E-state index is -2.62. The molecule has 0 bridgehead atoms. The van der Waals surface area contributed by atoms with E-state index in [1.54, 1.807) is 6.20 Å². The van der Waals surface area contributed by atoms with Gasteiger partial charge in [0.2, 0.25) is 0 Å². The van der Waals surface area contributed by atoms with E-state index < -0.39 is 9.73 Å². The minimum absolute atomic E-state index is 0.569. The van der Waals surface area contributed by atoms with E-state index >= 15 is 0 Å². The van der Waals surface area contributed by atoms with Crippen molar-refractivity contribution in [1.29, 1.82) is 4.78 Å². The predicted octanol–water partition coefficient (Wildman–Crippen LogP) is 0.0218. The van der Waals surface area contributed by atoms with E-state index in [2.05, 4.69) is 10.4 Å². The lowest BCUT2D eigenvalue weighted by molar-refractivity contribution is 0.471. The predicted molar refractivity (Wildman–Crippen MR) is 49.0 cm³/mol. The number of aromatic nitrogens is 2. The molecule has 0 aromatic carbocycles. The topological polar surface area (TPSA) is 70.8 Å². The van der Waals surface area contributed by atoms with Crippen molar-refractivity contribution in [2.75, 3.05) is 12.8 Å². The molecule has 1 aliphatic heterocycles. The molecule has 1 aromatic rings. The van der Waals surface area contributed by atoms with Crippen LogP contribution < -0.4 is 5.32 Å². The molecular formula is C7H12N4OS. The SMILES string of the molecule is CS(=N)(=O)c1cnn2c1CNCC2. The molecule has 13 heavy (non-hydrogen) atoms. The number of fused-ring (bicyclic) bond motifs is 1. The Morgan fingerprint density at radius 1 is 1.77 bits per heavy atom. The van der Waals surface area contributed by atoms with Crippen molar-refractivity contribution < 1.29 is 4.21 Å².